The summed E-state index contributed by atoms with van der Waals surface area (Å²) < 4.78 is 11.8. The molecular weight excluding hydrogens is 388 g/mol. The van der Waals surface area contributed by atoms with Crippen molar-refractivity contribution in [1.29, 1.82) is 0 Å². The Kier molecular flexibility index (Phi) is 7.21. The van der Waals surface area contributed by atoms with Gasteiger partial charge in [0.2, 0.25) is 0 Å². The largest absolute Gasteiger partial charge is 0.395 e. The first-order chi connectivity index (χ1) is 13.7. The van der Waals surface area contributed by atoms with Gasteiger partial charge in [-0.2, -0.15) is 0 Å². The average molecular weight is 415 g/mol. The van der Waals surface area contributed by atoms with Crippen LogP contribution < -0.4 is 0 Å². The van der Waals surface area contributed by atoms with Crippen molar-refractivity contribution in [3.05, 3.63) is 108 Å². The molecule has 1 N–H and O–H groups in total. The van der Waals surface area contributed by atoms with Crippen molar-refractivity contribution in [2.45, 2.75) is 4.75 Å². The Hall–Kier alpha value is -1.76. The van der Waals surface area contributed by atoms with Gasteiger partial charge in [0, 0.05) is 5.75 Å². The normalized spacial score (nSPS) is 12.7. The molecular formula is C23H26O3S2. The van der Waals surface area contributed by atoms with Gasteiger partial charge >= 0.3 is 0 Å². The molecule has 0 atom stereocenters. The fraction of sp³-hybridized carbons (Fsp3) is 0.217. The van der Waals surface area contributed by atoms with Gasteiger partial charge in [0.25, 0.3) is 0 Å². The highest BCUT2D eigenvalue weighted by atomic mass is 33.2. The van der Waals surface area contributed by atoms with E-state index in [1.165, 1.54) is 0 Å². The van der Waals surface area contributed by atoms with Gasteiger partial charge in [-0.15, -0.1) is 9.62 Å². The molecule has 0 spiro atoms. The fourth-order valence-corrected chi connectivity index (χ4v) is 9.03. The Morgan fingerprint density at radius 3 is 1.36 bits per heavy atom. The lowest BCUT2D eigenvalue weighted by molar-refractivity contribution is 0.321. The molecule has 148 valence electrons. The molecule has 3 rings (SSSR count). The van der Waals surface area contributed by atoms with Crippen LogP contribution in [0.25, 0.3) is 0 Å². The van der Waals surface area contributed by atoms with Gasteiger partial charge in [-0.1, -0.05) is 91.0 Å². The van der Waals surface area contributed by atoms with Crippen molar-refractivity contribution in [1.82, 2.24) is 0 Å². The Bertz CT molecular complexity index is 741. The minimum absolute atomic E-state index is 0.0561. The third kappa shape index (κ3) is 3.61. The number of aliphatic hydroxyl groups is 1. The molecule has 3 aromatic carbocycles. The van der Waals surface area contributed by atoms with Crippen LogP contribution in [-0.4, -0.2) is 31.7 Å². The van der Waals surface area contributed by atoms with E-state index in [-0.39, 0.29) is 6.61 Å². The van der Waals surface area contributed by atoms with Crippen LogP contribution in [0.3, 0.4) is 0 Å². The van der Waals surface area contributed by atoms with Crippen LogP contribution in [0.5, 0.6) is 0 Å². The van der Waals surface area contributed by atoms with Gasteiger partial charge < -0.3 is 5.11 Å². The number of aliphatic hydroxyl groups excluding tert-OH is 1. The van der Waals surface area contributed by atoms with Crippen LogP contribution in [0, 0.1) is 0 Å². The van der Waals surface area contributed by atoms with Gasteiger partial charge in [-0.05, 0) is 27.5 Å². The van der Waals surface area contributed by atoms with Crippen molar-refractivity contribution in [3.8, 4) is 0 Å². The van der Waals surface area contributed by atoms with Crippen molar-refractivity contribution >= 4 is 20.4 Å². The van der Waals surface area contributed by atoms with Gasteiger partial charge in [-0.3, -0.25) is 8.37 Å². The van der Waals surface area contributed by atoms with E-state index < -0.39 is 14.4 Å². The molecule has 0 fully saturated rings. The smallest absolute Gasteiger partial charge is 0.145 e. The quantitative estimate of drug-likeness (QED) is 0.368. The van der Waals surface area contributed by atoms with Crippen LogP contribution in [-0.2, 0) is 13.1 Å². The Labute approximate surface area is 172 Å². The van der Waals surface area contributed by atoms with Crippen LogP contribution in [0.15, 0.2) is 91.0 Å². The van der Waals surface area contributed by atoms with Crippen LogP contribution in [0.1, 0.15) is 16.7 Å². The standard InChI is InChI=1S/C23H26O3S2/c1-25-28(26-2,27-19-18-24)23(20-12-6-3-7-13-20,21-14-8-4-9-15-21)22-16-10-5-11-17-22/h3-17,24H,18-19H2,1-2H3. The van der Waals surface area contributed by atoms with E-state index in [0.29, 0.717) is 5.75 Å². The molecule has 0 aliphatic carbocycles. The molecule has 3 aromatic rings. The highest BCUT2D eigenvalue weighted by Crippen LogP contribution is 2.77. The summed E-state index contributed by atoms with van der Waals surface area (Å²) in [6.45, 7) is 0.0561. The summed E-state index contributed by atoms with van der Waals surface area (Å²) in [6.07, 6.45) is 0. The molecule has 3 nitrogen and oxygen atoms in total. The Morgan fingerprint density at radius 1 is 0.714 bits per heavy atom. The summed E-state index contributed by atoms with van der Waals surface area (Å²) >= 11 is 0. The second-order valence-electron chi connectivity index (χ2n) is 6.11. The first kappa shape index (κ1) is 21.0. The second kappa shape index (κ2) is 9.63. The molecule has 5 heteroatoms. The van der Waals surface area contributed by atoms with Gasteiger partial charge in [0.1, 0.15) is 4.75 Å². The highest BCUT2D eigenvalue weighted by Gasteiger charge is 2.51. The topological polar surface area (TPSA) is 38.7 Å². The second-order valence-corrected chi connectivity index (χ2v) is 11.0. The molecule has 0 radical (unpaired) electrons. The third-order valence-corrected chi connectivity index (χ3v) is 10.7. The number of hydrogen-bond donors (Lipinski definition) is 1. The molecule has 0 saturated heterocycles. The summed E-state index contributed by atoms with van der Waals surface area (Å²) in [5.74, 6) is 0.519. The minimum Gasteiger partial charge on any atom is -0.395 e. The highest BCUT2D eigenvalue weighted by molar-refractivity contribution is 8.90. The third-order valence-electron chi connectivity index (χ3n) is 4.68. The Balaban J connectivity index is 2.43. The molecule has 0 heterocycles. The maximum absolute atomic E-state index is 9.58. The van der Waals surface area contributed by atoms with Gasteiger partial charge in [-0.25, -0.2) is 0 Å². The lowest BCUT2D eigenvalue weighted by Gasteiger charge is -2.55. The number of rotatable bonds is 9. The lowest BCUT2D eigenvalue weighted by atomic mass is 9.84. The Morgan fingerprint density at radius 2 is 1.07 bits per heavy atom. The molecule has 0 amide bonds. The average Bonchev–Trinajstić information content (AvgIpc) is 2.79. The van der Waals surface area contributed by atoms with Crippen LogP contribution in [0.2, 0.25) is 0 Å². The first-order valence-corrected chi connectivity index (χ1v) is 12.1. The maximum atomic E-state index is 9.58. The van der Waals surface area contributed by atoms with E-state index in [1.54, 1.807) is 25.0 Å². The molecule has 0 aliphatic rings. The predicted octanol–water partition coefficient (Wildman–Crippen LogP) is 5.55. The zero-order valence-electron chi connectivity index (χ0n) is 16.2. The van der Waals surface area contributed by atoms with Crippen molar-refractivity contribution in [2.24, 2.45) is 0 Å². The summed E-state index contributed by atoms with van der Waals surface area (Å²) in [5, 5.41) is 9.58. The van der Waals surface area contributed by atoms with Gasteiger partial charge in [0.15, 0.2) is 0 Å². The summed E-state index contributed by atoms with van der Waals surface area (Å²) in [7, 11) is 2.71. The number of hydrogen-bond acceptors (Lipinski definition) is 4. The predicted molar refractivity (Wildman–Crippen MR) is 120 cm³/mol. The maximum Gasteiger partial charge on any atom is 0.145 e. The molecule has 0 saturated carbocycles. The SMILES string of the molecule is COS(OC)(SCCO)C(c1ccccc1)(c1ccccc1)c1ccccc1. The monoisotopic (exact) mass is 414 g/mol. The fourth-order valence-electron chi connectivity index (χ4n) is 3.60. The van der Waals surface area contributed by atoms with Crippen molar-refractivity contribution < 1.29 is 13.5 Å². The zero-order chi connectivity index (χ0) is 19.9. The lowest BCUT2D eigenvalue weighted by Crippen LogP contribution is -2.36. The summed E-state index contributed by atoms with van der Waals surface area (Å²) in [5.41, 5.74) is 3.28. The van der Waals surface area contributed by atoms with E-state index in [0.717, 1.165) is 16.7 Å². The molecule has 0 bridgehead atoms. The molecule has 0 unspecified atom stereocenters. The van der Waals surface area contributed by atoms with Crippen molar-refractivity contribution in [3.63, 3.8) is 0 Å². The van der Waals surface area contributed by atoms with E-state index in [9.17, 15) is 5.11 Å². The van der Waals surface area contributed by atoms with Crippen LogP contribution >= 0.6 is 20.4 Å². The summed E-state index contributed by atoms with van der Waals surface area (Å²) in [6, 6.07) is 31.1. The summed E-state index contributed by atoms with van der Waals surface area (Å²) in [4.78, 5) is 0. The van der Waals surface area contributed by atoms with E-state index in [2.05, 4.69) is 36.4 Å². The molecule has 0 aromatic heterocycles. The van der Waals surface area contributed by atoms with Crippen LogP contribution in [0.4, 0.5) is 0 Å². The van der Waals surface area contributed by atoms with E-state index in [4.69, 9.17) is 8.37 Å². The first-order valence-electron chi connectivity index (χ1n) is 9.11. The molecule has 0 aliphatic heterocycles. The molecule has 28 heavy (non-hydrogen) atoms. The van der Waals surface area contributed by atoms with E-state index >= 15 is 0 Å². The van der Waals surface area contributed by atoms with Gasteiger partial charge in [0.05, 0.1) is 20.8 Å². The number of benzene rings is 3. The van der Waals surface area contributed by atoms with Crippen molar-refractivity contribution in [2.75, 3.05) is 26.6 Å². The zero-order valence-corrected chi connectivity index (χ0v) is 17.8. The minimum atomic E-state index is -2.24. The van der Waals surface area contributed by atoms with E-state index in [1.807, 2.05) is 54.6 Å².